The van der Waals surface area contributed by atoms with Gasteiger partial charge in [0, 0.05) is 13.0 Å². The first-order valence-corrected chi connectivity index (χ1v) is 16.7. The van der Waals surface area contributed by atoms with E-state index in [4.69, 9.17) is 29.4 Å². The van der Waals surface area contributed by atoms with Crippen LogP contribution in [0.25, 0.3) is 0 Å². The van der Waals surface area contributed by atoms with Crippen LogP contribution in [0.1, 0.15) is 78.6 Å². The normalized spacial score (nSPS) is 43.2. The fourth-order valence-electron chi connectivity index (χ4n) is 7.40. The molecule has 0 aromatic rings. The zero-order valence-corrected chi connectivity index (χ0v) is 26.9. The van der Waals surface area contributed by atoms with Gasteiger partial charge in [0.25, 0.3) is 0 Å². The number of aliphatic hydroxyl groups is 5. The predicted molar refractivity (Wildman–Crippen MR) is 160 cm³/mol. The number of carboxylic acid groups (broad SMARTS) is 1. The molecular weight excluding hydrogens is 608 g/mol. The number of rotatable bonds is 12. The molecule has 4 fully saturated rings. The Morgan fingerprint density at radius 2 is 1.63 bits per heavy atom. The van der Waals surface area contributed by atoms with Gasteiger partial charge in [-0.1, -0.05) is 45.4 Å². The Balaban J connectivity index is 1.60. The van der Waals surface area contributed by atoms with E-state index in [1.807, 2.05) is 6.92 Å². The van der Waals surface area contributed by atoms with Gasteiger partial charge in [0.1, 0.15) is 42.7 Å². The van der Waals surface area contributed by atoms with Crippen LogP contribution < -0.4 is 11.1 Å². The summed E-state index contributed by atoms with van der Waals surface area (Å²) >= 11 is 0. The SMILES string of the molecule is CCC1CC(N)CC(OC2OC(CO)C(O)C(O[C@@H](CC3CCCCC3)C(=O)O)C2NC(C)=O)C1OC1OC(C)C(O)C(O)C1O. The quantitative estimate of drug-likeness (QED) is 0.127. The molecule has 0 radical (unpaired) electrons. The molecule has 0 aromatic carbocycles. The Kier molecular flexibility index (Phi) is 13.6. The number of hydrogen-bond donors (Lipinski definition) is 8. The Morgan fingerprint density at radius 1 is 0.935 bits per heavy atom. The van der Waals surface area contributed by atoms with E-state index in [-0.39, 0.29) is 30.7 Å². The van der Waals surface area contributed by atoms with E-state index in [0.29, 0.717) is 12.8 Å². The average molecular weight is 663 g/mol. The van der Waals surface area contributed by atoms with Gasteiger partial charge < -0.3 is 65.4 Å². The Hall–Kier alpha value is -1.50. The summed E-state index contributed by atoms with van der Waals surface area (Å²) in [6.07, 6.45) is -8.26. The molecule has 0 aromatic heterocycles. The zero-order chi connectivity index (χ0) is 33.7. The fourth-order valence-corrected chi connectivity index (χ4v) is 7.40. The number of carbonyl (C=O) groups excluding carboxylic acids is 1. The maximum absolute atomic E-state index is 12.4. The first-order valence-electron chi connectivity index (χ1n) is 16.7. The summed E-state index contributed by atoms with van der Waals surface area (Å²) in [5, 5.41) is 65.4. The van der Waals surface area contributed by atoms with Gasteiger partial charge in [-0.25, -0.2) is 4.79 Å². The summed E-state index contributed by atoms with van der Waals surface area (Å²) in [5.41, 5.74) is 6.42. The molecule has 2 heterocycles. The first kappa shape index (κ1) is 37.3. The largest absolute Gasteiger partial charge is 0.479 e. The minimum atomic E-state index is -1.55. The average Bonchev–Trinajstić information content (AvgIpc) is 3.02. The van der Waals surface area contributed by atoms with Crippen molar-refractivity contribution in [3.8, 4) is 0 Å². The van der Waals surface area contributed by atoms with Crippen LogP contribution in [-0.2, 0) is 33.3 Å². The molecule has 15 nitrogen and oxygen atoms in total. The van der Waals surface area contributed by atoms with Gasteiger partial charge >= 0.3 is 5.97 Å². The van der Waals surface area contributed by atoms with Crippen LogP contribution in [0.3, 0.4) is 0 Å². The van der Waals surface area contributed by atoms with Gasteiger partial charge in [-0.2, -0.15) is 0 Å². The third-order valence-corrected chi connectivity index (χ3v) is 10.00. The van der Waals surface area contributed by atoms with Crippen molar-refractivity contribution < 1.29 is 63.9 Å². The summed E-state index contributed by atoms with van der Waals surface area (Å²) in [6, 6.07) is -1.50. The predicted octanol–water partition coefficient (Wildman–Crippen LogP) is -0.877. The molecule has 266 valence electrons. The maximum Gasteiger partial charge on any atom is 0.332 e. The highest BCUT2D eigenvalue weighted by atomic mass is 16.7. The summed E-state index contributed by atoms with van der Waals surface area (Å²) < 4.78 is 30.5. The molecule has 2 saturated carbocycles. The Labute approximate surface area is 269 Å². The Bertz CT molecular complexity index is 986. The van der Waals surface area contributed by atoms with E-state index >= 15 is 0 Å². The maximum atomic E-state index is 12.4. The second-order valence-corrected chi connectivity index (χ2v) is 13.5. The molecule has 9 N–H and O–H groups in total. The lowest BCUT2D eigenvalue weighted by Crippen LogP contribution is -2.67. The summed E-state index contributed by atoms with van der Waals surface area (Å²) in [7, 11) is 0. The number of carboxylic acids is 1. The number of nitrogens with one attached hydrogen (secondary N) is 1. The zero-order valence-electron chi connectivity index (χ0n) is 26.9. The topological polar surface area (TPSA) is 240 Å². The van der Waals surface area contributed by atoms with Crippen LogP contribution in [0.15, 0.2) is 0 Å². The van der Waals surface area contributed by atoms with Crippen molar-refractivity contribution in [3.05, 3.63) is 0 Å². The van der Waals surface area contributed by atoms with Gasteiger partial charge in [0.15, 0.2) is 18.7 Å². The van der Waals surface area contributed by atoms with E-state index in [9.17, 15) is 40.2 Å². The van der Waals surface area contributed by atoms with Crippen LogP contribution in [0.4, 0.5) is 0 Å². The first-order chi connectivity index (χ1) is 21.8. The van der Waals surface area contributed by atoms with Crippen molar-refractivity contribution in [2.75, 3.05) is 6.61 Å². The van der Waals surface area contributed by atoms with Gasteiger partial charge in [0.2, 0.25) is 5.91 Å². The molecule has 0 bridgehead atoms. The number of ether oxygens (including phenoxy) is 5. The number of amides is 1. The molecule has 15 atom stereocenters. The number of carbonyl (C=O) groups is 2. The van der Waals surface area contributed by atoms with Gasteiger partial charge in [-0.05, 0) is 38.0 Å². The third kappa shape index (κ3) is 8.94. The highest BCUT2D eigenvalue weighted by Crippen LogP contribution is 2.37. The van der Waals surface area contributed by atoms with Crippen LogP contribution in [-0.4, -0.2) is 135 Å². The van der Waals surface area contributed by atoms with Gasteiger partial charge in [0.05, 0.1) is 24.9 Å². The van der Waals surface area contributed by atoms with Crippen molar-refractivity contribution in [2.24, 2.45) is 17.6 Å². The minimum Gasteiger partial charge on any atom is -0.479 e. The van der Waals surface area contributed by atoms with Crippen molar-refractivity contribution >= 4 is 11.9 Å². The fraction of sp³-hybridized carbons (Fsp3) is 0.935. The summed E-state index contributed by atoms with van der Waals surface area (Å²) in [5.74, 6) is -1.76. The van der Waals surface area contributed by atoms with Crippen molar-refractivity contribution in [2.45, 2.75) is 164 Å². The van der Waals surface area contributed by atoms with Crippen LogP contribution in [0.5, 0.6) is 0 Å². The summed E-state index contributed by atoms with van der Waals surface area (Å²) in [4.78, 5) is 24.8. The number of aliphatic hydroxyl groups excluding tert-OH is 5. The van der Waals surface area contributed by atoms with Crippen LogP contribution in [0, 0.1) is 11.8 Å². The minimum absolute atomic E-state index is 0.138. The second-order valence-electron chi connectivity index (χ2n) is 13.5. The van der Waals surface area contributed by atoms with E-state index < -0.39 is 98.1 Å². The molecule has 2 aliphatic heterocycles. The van der Waals surface area contributed by atoms with E-state index in [0.717, 1.165) is 32.1 Å². The lowest BCUT2D eigenvalue weighted by molar-refractivity contribution is -0.338. The number of aliphatic carboxylic acids is 1. The van der Waals surface area contributed by atoms with Crippen molar-refractivity contribution in [3.63, 3.8) is 0 Å². The van der Waals surface area contributed by atoms with Crippen molar-refractivity contribution in [1.29, 1.82) is 0 Å². The third-order valence-electron chi connectivity index (χ3n) is 10.00. The molecule has 4 aliphatic rings. The molecule has 1 amide bonds. The Morgan fingerprint density at radius 3 is 2.24 bits per heavy atom. The number of hydrogen-bond acceptors (Lipinski definition) is 13. The molecule has 4 rings (SSSR count). The van der Waals surface area contributed by atoms with E-state index in [2.05, 4.69) is 5.32 Å². The smallest absolute Gasteiger partial charge is 0.332 e. The van der Waals surface area contributed by atoms with Crippen molar-refractivity contribution in [1.82, 2.24) is 5.32 Å². The summed E-state index contributed by atoms with van der Waals surface area (Å²) in [6.45, 7) is 4.10. The highest BCUT2D eigenvalue weighted by molar-refractivity contribution is 5.73. The van der Waals surface area contributed by atoms with E-state index in [1.165, 1.54) is 6.92 Å². The molecule has 14 unspecified atom stereocenters. The standard InChI is InChI=1S/C31H54N2O13/c1-4-17-11-18(32)12-19(27(17)46-31-26(39)25(38)23(36)14(2)42-31)44-30-22(33-15(3)35)28(24(37)21(13-34)45-30)43-20(29(40)41)10-16-8-6-5-7-9-16/h14,16-28,30-31,34,36-39H,4-13,32H2,1-3H3,(H,33,35)(H,40,41)/t14?,17?,18?,19?,20-,21?,22?,23?,24?,25?,26?,27?,28?,30?,31?/m0/s1. The van der Waals surface area contributed by atoms with Gasteiger partial charge in [-0.15, -0.1) is 0 Å². The molecule has 46 heavy (non-hydrogen) atoms. The van der Waals surface area contributed by atoms with Gasteiger partial charge in [-0.3, -0.25) is 4.79 Å². The highest BCUT2D eigenvalue weighted by Gasteiger charge is 2.52. The molecule has 15 heteroatoms. The molecule has 0 spiro atoms. The lowest BCUT2D eigenvalue weighted by Gasteiger charge is -2.49. The number of nitrogens with two attached hydrogens (primary N) is 1. The van der Waals surface area contributed by atoms with E-state index in [1.54, 1.807) is 6.92 Å². The molecule has 2 saturated heterocycles. The van der Waals surface area contributed by atoms with Crippen LogP contribution >= 0.6 is 0 Å². The monoisotopic (exact) mass is 662 g/mol. The second kappa shape index (κ2) is 16.7. The molecular formula is C31H54N2O13. The lowest BCUT2D eigenvalue weighted by atomic mass is 9.80. The molecule has 2 aliphatic carbocycles. The van der Waals surface area contributed by atoms with Crippen LogP contribution in [0.2, 0.25) is 0 Å².